The topological polar surface area (TPSA) is 52.6 Å². The number of hydrogen-bond donors (Lipinski definition) is 2. The number of aliphatic hydroxyl groups is 1. The van der Waals surface area contributed by atoms with Gasteiger partial charge in [-0.25, -0.2) is 4.79 Å². The fraction of sp³-hybridized carbons (Fsp3) is 0.650. The predicted octanol–water partition coefficient (Wildman–Crippen LogP) is 3.08. The third-order valence-corrected chi connectivity index (χ3v) is 5.90. The van der Waals surface area contributed by atoms with Crippen LogP contribution in [0.1, 0.15) is 50.7 Å². The van der Waals surface area contributed by atoms with Gasteiger partial charge >= 0.3 is 6.03 Å². The summed E-state index contributed by atoms with van der Waals surface area (Å²) in [5.41, 5.74) is 2.83. The highest BCUT2D eigenvalue weighted by Gasteiger charge is 2.33. The van der Waals surface area contributed by atoms with Gasteiger partial charge in [-0.2, -0.15) is 0 Å². The summed E-state index contributed by atoms with van der Waals surface area (Å²) in [6, 6.07) is 8.65. The fourth-order valence-corrected chi connectivity index (χ4v) is 4.29. The van der Waals surface area contributed by atoms with Crippen molar-refractivity contribution in [2.45, 2.75) is 57.5 Å². The second kappa shape index (κ2) is 7.14. The van der Waals surface area contributed by atoms with Crippen molar-refractivity contribution in [1.29, 1.82) is 0 Å². The summed E-state index contributed by atoms with van der Waals surface area (Å²) in [7, 11) is 0. The van der Waals surface area contributed by atoms with Crippen LogP contribution in [0.5, 0.6) is 0 Å². The van der Waals surface area contributed by atoms with Crippen LogP contribution in [0.25, 0.3) is 0 Å². The van der Waals surface area contributed by atoms with E-state index in [9.17, 15) is 9.90 Å². The van der Waals surface area contributed by atoms with Crippen molar-refractivity contribution in [2.75, 3.05) is 19.6 Å². The molecular weight excluding hydrogens is 300 g/mol. The molecule has 0 radical (unpaired) electrons. The summed E-state index contributed by atoms with van der Waals surface area (Å²) < 4.78 is 0. The van der Waals surface area contributed by atoms with Gasteiger partial charge in [-0.3, -0.25) is 0 Å². The number of carbonyl (C=O) groups excluding carboxylic acids is 1. The molecule has 4 heteroatoms. The molecule has 1 saturated heterocycles. The number of hydrogen-bond acceptors (Lipinski definition) is 2. The van der Waals surface area contributed by atoms with Crippen LogP contribution in [0.3, 0.4) is 0 Å². The fourth-order valence-electron chi connectivity index (χ4n) is 4.29. The Morgan fingerprint density at radius 1 is 1.42 bits per heavy atom. The first-order valence-corrected chi connectivity index (χ1v) is 9.29. The Hall–Kier alpha value is -1.55. The van der Waals surface area contributed by atoms with E-state index in [1.165, 1.54) is 17.5 Å². The Labute approximate surface area is 145 Å². The molecule has 1 aliphatic carbocycles. The van der Waals surface area contributed by atoms with Gasteiger partial charge in [0, 0.05) is 31.0 Å². The highest BCUT2D eigenvalue weighted by Crippen LogP contribution is 2.36. The van der Waals surface area contributed by atoms with Gasteiger partial charge in [0.05, 0.1) is 6.10 Å². The van der Waals surface area contributed by atoms with E-state index >= 15 is 0 Å². The number of likely N-dealkylation sites (tertiary alicyclic amines) is 1. The van der Waals surface area contributed by atoms with Gasteiger partial charge in [0.2, 0.25) is 0 Å². The normalized spacial score (nSPS) is 28.1. The number of nitrogens with one attached hydrogen (secondary N) is 1. The molecule has 0 spiro atoms. The Balaban J connectivity index is 1.62. The maximum absolute atomic E-state index is 12.6. The standard InChI is InChI=1S/C20H30N2O2/c1-15(23)17-9-6-12-22(13-17)19(24)21-14-20(2)11-5-8-16-7-3-4-10-18(16)20/h3-4,7,10,15,17,23H,5-6,8-9,11-14H2,1-2H3,(H,21,24). The molecule has 3 atom stereocenters. The molecule has 1 fully saturated rings. The van der Waals surface area contributed by atoms with Crippen LogP contribution in [0.15, 0.2) is 24.3 Å². The van der Waals surface area contributed by atoms with Crippen molar-refractivity contribution < 1.29 is 9.90 Å². The number of nitrogens with zero attached hydrogens (tertiary/aromatic N) is 1. The molecule has 0 aromatic heterocycles. The third-order valence-electron chi connectivity index (χ3n) is 5.90. The number of benzene rings is 1. The summed E-state index contributed by atoms with van der Waals surface area (Å²) in [4.78, 5) is 14.5. The highest BCUT2D eigenvalue weighted by atomic mass is 16.3. The lowest BCUT2D eigenvalue weighted by molar-refractivity contribution is 0.0735. The minimum absolute atomic E-state index is 0.0178. The minimum atomic E-state index is -0.344. The Bertz CT molecular complexity index is 587. The number of aliphatic hydroxyl groups excluding tert-OH is 1. The van der Waals surface area contributed by atoms with E-state index in [4.69, 9.17) is 0 Å². The van der Waals surface area contributed by atoms with Crippen molar-refractivity contribution in [3.8, 4) is 0 Å². The number of fused-ring (bicyclic) bond motifs is 1. The lowest BCUT2D eigenvalue weighted by Crippen LogP contribution is -2.50. The van der Waals surface area contributed by atoms with E-state index in [1.54, 1.807) is 0 Å². The average Bonchev–Trinajstić information content (AvgIpc) is 2.60. The third kappa shape index (κ3) is 3.59. The molecule has 4 nitrogen and oxygen atoms in total. The number of rotatable bonds is 3. The van der Waals surface area contributed by atoms with Crippen molar-refractivity contribution in [2.24, 2.45) is 5.92 Å². The van der Waals surface area contributed by atoms with Crippen LogP contribution >= 0.6 is 0 Å². The van der Waals surface area contributed by atoms with Gasteiger partial charge in [0.1, 0.15) is 0 Å². The van der Waals surface area contributed by atoms with Gasteiger partial charge in [-0.1, -0.05) is 31.2 Å². The molecule has 2 amide bonds. The lowest BCUT2D eigenvalue weighted by atomic mass is 9.71. The zero-order valence-corrected chi connectivity index (χ0v) is 14.9. The molecular formula is C20H30N2O2. The van der Waals surface area contributed by atoms with Crippen LogP contribution in [0.4, 0.5) is 4.79 Å². The lowest BCUT2D eigenvalue weighted by Gasteiger charge is -2.38. The first-order chi connectivity index (χ1) is 11.5. The van der Waals surface area contributed by atoms with E-state index in [0.29, 0.717) is 13.1 Å². The molecule has 3 unspecified atom stereocenters. The van der Waals surface area contributed by atoms with E-state index in [0.717, 1.165) is 32.2 Å². The second-order valence-electron chi connectivity index (χ2n) is 7.82. The largest absolute Gasteiger partial charge is 0.393 e. The molecule has 1 aromatic rings. The summed E-state index contributed by atoms with van der Waals surface area (Å²) in [6.45, 7) is 6.23. The Morgan fingerprint density at radius 3 is 3.00 bits per heavy atom. The SMILES string of the molecule is CC(O)C1CCCN(C(=O)NCC2(C)CCCc3ccccc32)C1. The number of amides is 2. The molecule has 2 N–H and O–H groups in total. The van der Waals surface area contributed by atoms with E-state index in [2.05, 4.69) is 36.5 Å². The summed E-state index contributed by atoms with van der Waals surface area (Å²) in [6.07, 6.45) is 5.07. The van der Waals surface area contributed by atoms with E-state index < -0.39 is 0 Å². The van der Waals surface area contributed by atoms with Crippen LogP contribution in [0, 0.1) is 5.92 Å². The summed E-state index contributed by atoms with van der Waals surface area (Å²) in [5, 5.41) is 13.0. The molecule has 0 bridgehead atoms. The number of aryl methyl sites for hydroxylation is 1. The van der Waals surface area contributed by atoms with Crippen LogP contribution in [-0.2, 0) is 11.8 Å². The van der Waals surface area contributed by atoms with Gasteiger partial charge in [0.25, 0.3) is 0 Å². The number of urea groups is 1. The predicted molar refractivity (Wildman–Crippen MR) is 96.1 cm³/mol. The van der Waals surface area contributed by atoms with E-state index in [1.807, 2.05) is 11.8 Å². The van der Waals surface area contributed by atoms with Gasteiger partial charge in [-0.15, -0.1) is 0 Å². The summed E-state index contributed by atoms with van der Waals surface area (Å²) in [5.74, 6) is 0.204. The van der Waals surface area contributed by atoms with Gasteiger partial charge < -0.3 is 15.3 Å². The monoisotopic (exact) mass is 330 g/mol. The molecule has 1 aromatic carbocycles. The Morgan fingerprint density at radius 2 is 2.21 bits per heavy atom. The molecule has 3 rings (SSSR count). The maximum Gasteiger partial charge on any atom is 0.317 e. The van der Waals surface area contributed by atoms with Crippen molar-refractivity contribution in [1.82, 2.24) is 10.2 Å². The van der Waals surface area contributed by atoms with Gasteiger partial charge in [0.15, 0.2) is 0 Å². The van der Waals surface area contributed by atoms with Crippen LogP contribution in [0.2, 0.25) is 0 Å². The van der Waals surface area contributed by atoms with Crippen molar-refractivity contribution >= 4 is 6.03 Å². The maximum atomic E-state index is 12.6. The first kappa shape index (κ1) is 17.3. The van der Waals surface area contributed by atoms with E-state index in [-0.39, 0.29) is 23.5 Å². The molecule has 0 saturated carbocycles. The quantitative estimate of drug-likeness (QED) is 0.895. The minimum Gasteiger partial charge on any atom is -0.393 e. The number of piperidine rings is 1. The van der Waals surface area contributed by atoms with Crippen LogP contribution in [-0.4, -0.2) is 41.8 Å². The number of carbonyl (C=O) groups is 1. The van der Waals surface area contributed by atoms with Crippen molar-refractivity contribution in [3.63, 3.8) is 0 Å². The van der Waals surface area contributed by atoms with Crippen LogP contribution < -0.4 is 5.32 Å². The van der Waals surface area contributed by atoms with Gasteiger partial charge in [-0.05, 0) is 50.2 Å². The molecule has 2 aliphatic rings. The molecule has 132 valence electrons. The average molecular weight is 330 g/mol. The zero-order chi connectivity index (χ0) is 17.2. The Kier molecular flexibility index (Phi) is 5.14. The molecule has 1 heterocycles. The van der Waals surface area contributed by atoms with Crippen molar-refractivity contribution in [3.05, 3.63) is 35.4 Å². The molecule has 24 heavy (non-hydrogen) atoms. The zero-order valence-electron chi connectivity index (χ0n) is 14.9. The highest BCUT2D eigenvalue weighted by molar-refractivity contribution is 5.74. The first-order valence-electron chi connectivity index (χ1n) is 9.29. The smallest absolute Gasteiger partial charge is 0.317 e. The summed E-state index contributed by atoms with van der Waals surface area (Å²) >= 11 is 0. The second-order valence-corrected chi connectivity index (χ2v) is 7.82. The molecule has 1 aliphatic heterocycles.